The van der Waals surface area contributed by atoms with Crippen molar-refractivity contribution in [2.45, 2.75) is 127 Å². The minimum Gasteiger partial charge on any atom is -0.489 e. The molecule has 4 amide bonds. The quantitative estimate of drug-likeness (QED) is 0.00617. The number of aliphatic carboxylic acids is 1. The van der Waals surface area contributed by atoms with E-state index in [2.05, 4.69) is 18.3 Å². The number of sulfone groups is 1. The molecule has 0 bridgehead atoms. The molecule has 26 nitrogen and oxygen atoms in total. The van der Waals surface area contributed by atoms with Crippen LogP contribution >= 0.6 is 54.0 Å². The highest BCUT2D eigenvalue weighted by molar-refractivity contribution is 7.90. The highest BCUT2D eigenvalue weighted by atomic mass is 35.5. The van der Waals surface area contributed by atoms with Crippen LogP contribution in [0, 0.1) is 28.8 Å². The summed E-state index contributed by atoms with van der Waals surface area (Å²) in [5.74, 6) is -6.90. The molecule has 0 radical (unpaired) electrons. The first kappa shape index (κ1) is 82.2. The molecule has 2 atom stereocenters. The Morgan fingerprint density at radius 2 is 1.54 bits per heavy atom. The molecule has 0 saturated heterocycles. The predicted molar refractivity (Wildman–Crippen MR) is 360 cm³/mol. The molecule has 97 heavy (non-hydrogen) atoms. The summed E-state index contributed by atoms with van der Waals surface area (Å²) in [5, 5.41) is 21.1. The number of ketones is 3. The number of hydrogen-bond donors (Lipinski definition) is 4. The Bertz CT molecular complexity index is 3720. The van der Waals surface area contributed by atoms with Gasteiger partial charge in [-0.2, -0.15) is 0 Å². The number of esters is 1. The summed E-state index contributed by atoms with van der Waals surface area (Å²) in [6.45, 7) is 10.4. The van der Waals surface area contributed by atoms with Gasteiger partial charge >= 0.3 is 19.5 Å². The van der Waals surface area contributed by atoms with Crippen molar-refractivity contribution < 1.29 is 99.3 Å². The largest absolute Gasteiger partial charge is 0.489 e. The number of nitrogens with zero attached hydrogens (tertiary/aromatic N) is 4. The van der Waals surface area contributed by atoms with Gasteiger partial charge in [0, 0.05) is 49.5 Å². The highest BCUT2D eigenvalue weighted by Gasteiger charge is 2.42. The lowest BCUT2D eigenvalue weighted by atomic mass is 9.81. The second kappa shape index (κ2) is 38.8. The van der Waals surface area contributed by atoms with E-state index in [4.69, 9.17) is 80.2 Å². The Balaban J connectivity index is 0.000000267. The summed E-state index contributed by atoms with van der Waals surface area (Å²) in [4.78, 5) is 136. The molecule has 2 unspecified atom stereocenters. The lowest BCUT2D eigenvalue weighted by Crippen LogP contribution is -2.47. The van der Waals surface area contributed by atoms with Gasteiger partial charge in [-0.1, -0.05) is 91.8 Å². The second-order valence-corrected chi connectivity index (χ2v) is 27.7. The maximum absolute atomic E-state index is 14.5. The monoisotopic (exact) mass is 1470 g/mol. The van der Waals surface area contributed by atoms with Gasteiger partial charge in [-0.3, -0.25) is 58.4 Å². The number of nitro benzene ring substituents is 1. The number of nitro groups is 1. The zero-order chi connectivity index (χ0) is 72.6. The smallest absolute Gasteiger partial charge is 0.344 e. The number of aryl methyl sites for hydroxylation is 2. The number of carbonyl (C=O) groups is 9. The molecule has 4 N–H and O–H groups in total. The Kier molecular flexibility index (Phi) is 32.9. The Morgan fingerprint density at radius 1 is 0.907 bits per heavy atom. The summed E-state index contributed by atoms with van der Waals surface area (Å²) in [6.07, 6.45) is 7.05. The number of carbonyl (C=O) groups excluding carboxylic acids is 8. The van der Waals surface area contributed by atoms with E-state index >= 15 is 0 Å². The maximum Gasteiger partial charge on any atom is 0.344 e. The first-order valence-electron chi connectivity index (χ1n) is 30.4. The maximum atomic E-state index is 14.5. The number of halogens is 5. The summed E-state index contributed by atoms with van der Waals surface area (Å²) >= 11 is 23.0. The summed E-state index contributed by atoms with van der Waals surface area (Å²) in [5.41, 5.74) is 3.44. The Labute approximate surface area is 580 Å². The van der Waals surface area contributed by atoms with Crippen LogP contribution in [-0.2, 0) is 68.7 Å². The summed E-state index contributed by atoms with van der Waals surface area (Å²) < 4.78 is 68.7. The number of methoxy groups -OCH3 is 1. The standard InChI is InChI=1S/C21H23ClFNO5.C15H22ClNO2.C14H13NO7S.C11H11Cl2NO2.C3H8NO5P/c1-2-3-6-9-28-19(25)12-29-18-11-17(16(23)10-15(18)22)24-20(26)13-7-4-5-8-14(13)21(24)27;1-5-13-8-6-7-11(2)15(13)17(14(18)9-16)12(3)10-19-4;1-23(21,22)8-5-6-9(10(7-8)15(19)20)14(18)13-11(16)3-2-4-12(13)17;1-7-6-16-9-5-3-2-4-8(9)14(7)11(15)10(12)13;5-3(6)1-4-2-10(7,8)9/h10-11H,2-9,12H2,1H3;6-8,12H,5,9-10H2,1-4H3;5-7,13H,2-4H2,1H3;2-5,7,10H,6H2,1H3;4H,1-2H2,(H,5,6)(H2,7,8,9). The minimum absolute atomic E-state index is 0.000883. The summed E-state index contributed by atoms with van der Waals surface area (Å²) in [6, 6.07) is 18.3. The van der Waals surface area contributed by atoms with Gasteiger partial charge in [-0.15, -0.1) is 11.6 Å². The normalized spacial score (nSPS) is 15.5. The first-order valence-corrected chi connectivity index (χ1v) is 35.8. The van der Waals surface area contributed by atoms with Crippen LogP contribution in [0.1, 0.15) is 113 Å². The number of rotatable bonds is 23. The fourth-order valence-electron chi connectivity index (χ4n) is 10.3. The number of amides is 4. The molecule has 1 saturated carbocycles. The fraction of sp³-hybridized carbons (Fsp3) is 0.453. The molecule has 2 heterocycles. The van der Waals surface area contributed by atoms with Crippen LogP contribution in [0.25, 0.3) is 0 Å². The molecule has 0 spiro atoms. The average molecular weight is 1480 g/mol. The lowest BCUT2D eigenvalue weighted by molar-refractivity contribution is -0.385. The van der Waals surface area contributed by atoms with E-state index in [1.54, 1.807) is 16.9 Å². The minimum atomic E-state index is -4.10. The van der Waals surface area contributed by atoms with Crippen LogP contribution in [0.2, 0.25) is 5.02 Å². The number of anilines is 3. The molecule has 4 aromatic rings. The van der Waals surface area contributed by atoms with E-state index in [9.17, 15) is 70.6 Å². The van der Waals surface area contributed by atoms with Gasteiger partial charge in [-0.05, 0) is 107 Å². The zero-order valence-electron chi connectivity index (χ0n) is 54.2. The van der Waals surface area contributed by atoms with E-state index in [0.29, 0.717) is 56.0 Å². The van der Waals surface area contributed by atoms with Crippen LogP contribution in [0.3, 0.4) is 0 Å². The predicted octanol–water partition coefficient (Wildman–Crippen LogP) is 10.0. The van der Waals surface area contributed by atoms with Gasteiger partial charge in [-0.25, -0.2) is 22.5 Å². The molecule has 4 aliphatic rings. The number of imide groups is 1. The van der Waals surface area contributed by atoms with Crippen molar-refractivity contribution in [3.05, 3.63) is 122 Å². The van der Waals surface area contributed by atoms with Gasteiger partial charge in [0.1, 0.15) is 35.7 Å². The van der Waals surface area contributed by atoms with E-state index in [1.165, 1.54) is 6.07 Å². The van der Waals surface area contributed by atoms with Crippen molar-refractivity contribution in [2.75, 3.05) is 73.2 Å². The third-order valence-corrected chi connectivity index (χ3v) is 17.5. The van der Waals surface area contributed by atoms with Crippen LogP contribution in [-0.4, -0.2) is 157 Å². The molecule has 2 aliphatic carbocycles. The van der Waals surface area contributed by atoms with Crippen molar-refractivity contribution in [2.24, 2.45) is 5.92 Å². The van der Waals surface area contributed by atoms with E-state index in [1.807, 2.05) is 64.1 Å². The van der Waals surface area contributed by atoms with Gasteiger partial charge in [0.25, 0.3) is 23.4 Å². The topological polar surface area (TPSA) is 367 Å². The van der Waals surface area contributed by atoms with E-state index in [0.717, 1.165) is 96.4 Å². The number of nitrogens with one attached hydrogen (secondary N) is 1. The average Bonchev–Trinajstić information content (AvgIpc) is 1.74. The summed E-state index contributed by atoms with van der Waals surface area (Å²) in [7, 11) is -6.16. The van der Waals surface area contributed by atoms with E-state index < -0.39 is 111 Å². The van der Waals surface area contributed by atoms with Crippen LogP contribution in [0.5, 0.6) is 11.5 Å². The lowest BCUT2D eigenvalue weighted by Gasteiger charge is -2.35. The first-order chi connectivity index (χ1) is 45.6. The number of ether oxygens (including phenoxy) is 4. The van der Waals surface area contributed by atoms with Gasteiger partial charge in [0.05, 0.1) is 75.6 Å². The van der Waals surface area contributed by atoms with Crippen LogP contribution in [0.15, 0.2) is 88.8 Å². The van der Waals surface area contributed by atoms with Gasteiger partial charge in [0.2, 0.25) is 5.91 Å². The Hall–Kier alpha value is -7.24. The highest BCUT2D eigenvalue weighted by Crippen LogP contribution is 2.41. The Morgan fingerprint density at radius 3 is 2.08 bits per heavy atom. The molecular weight excluding hydrogens is 1400 g/mol. The number of hydrogen-bond acceptors (Lipinski definition) is 19. The third kappa shape index (κ3) is 23.7. The number of carboxylic acids is 1. The van der Waals surface area contributed by atoms with Crippen LogP contribution < -0.4 is 29.5 Å². The molecule has 33 heteroatoms. The van der Waals surface area contributed by atoms with Crippen molar-refractivity contribution in [3.63, 3.8) is 0 Å². The molecule has 8 rings (SSSR count). The van der Waals surface area contributed by atoms with Crippen molar-refractivity contribution in [3.8, 4) is 11.5 Å². The number of alkyl halides is 3. The number of unbranched alkanes of at least 4 members (excludes halogenated alkanes) is 2. The van der Waals surface area contributed by atoms with Gasteiger partial charge in [0.15, 0.2) is 38.6 Å². The number of carboxylic acid groups (broad SMARTS) is 1. The second-order valence-electron chi connectivity index (χ2n) is 22.3. The van der Waals surface area contributed by atoms with E-state index in [-0.39, 0.29) is 64.0 Å². The number of Topliss-reactive ketones (excluding diaryl/α,β-unsaturated/α-hetero) is 3. The molecule has 530 valence electrons. The van der Waals surface area contributed by atoms with Gasteiger partial charge < -0.3 is 43.6 Å². The number of fused-ring (bicyclic) bond motifs is 1. The molecule has 1 fully saturated rings. The molecule has 2 aliphatic heterocycles. The number of benzene rings is 4. The fourth-order valence-corrected chi connectivity index (χ4v) is 11.9. The SMILES string of the molecule is CC1COc2ccccc2N1C(=O)C(Cl)Cl.CCCCCOC(=O)COc1cc(N2C(=O)C3=C(CCCC3)C2=O)c(F)cc1Cl.CCc1cccc(C)c1N(C(=O)CCl)C(C)COC.CS(=O)(=O)c1ccc(C(=O)C2C(=O)CCCC2=O)c([N+](=O)[O-])c1.O=C(O)CNCP(=O)(O)O. The third-order valence-electron chi connectivity index (χ3n) is 14.8. The molecular formula is C64H77Cl4FN5O21PS. The van der Waals surface area contributed by atoms with Crippen molar-refractivity contribution in [1.29, 1.82) is 0 Å². The zero-order valence-corrected chi connectivity index (χ0v) is 58.9. The molecule has 4 aromatic carbocycles. The van der Waals surface area contributed by atoms with Crippen molar-refractivity contribution in [1.82, 2.24) is 5.32 Å². The molecule has 0 aromatic heterocycles. The van der Waals surface area contributed by atoms with Crippen molar-refractivity contribution >= 4 is 140 Å². The number of para-hydroxylation sites is 3. The van der Waals surface area contributed by atoms with Crippen LogP contribution in [0.4, 0.5) is 27.1 Å².